The Bertz CT molecular complexity index is 329. The Morgan fingerprint density at radius 2 is 2.08 bits per heavy atom. The molecule has 0 saturated heterocycles. The monoisotopic (exact) mass is 177 g/mol. The van der Waals surface area contributed by atoms with E-state index in [4.69, 9.17) is 5.73 Å². The number of nitrogens with two attached hydrogens (primary N) is 1. The third-order valence-corrected chi connectivity index (χ3v) is 3.02. The maximum Gasteiger partial charge on any atom is 0.118 e. The van der Waals surface area contributed by atoms with Crippen molar-refractivity contribution in [1.82, 2.24) is 0 Å². The molecule has 1 aliphatic rings. The molecule has 1 saturated carbocycles. The van der Waals surface area contributed by atoms with E-state index in [0.29, 0.717) is 5.75 Å². The van der Waals surface area contributed by atoms with Crippen LogP contribution in [0.15, 0.2) is 18.2 Å². The van der Waals surface area contributed by atoms with Crippen LogP contribution in [0.4, 0.5) is 0 Å². The number of phenols is 1. The zero-order valence-corrected chi connectivity index (χ0v) is 7.88. The summed E-state index contributed by atoms with van der Waals surface area (Å²) in [5.41, 5.74) is 8.12. The van der Waals surface area contributed by atoms with Gasteiger partial charge >= 0.3 is 0 Å². The lowest BCUT2D eigenvalue weighted by Gasteiger charge is -2.38. The predicted octanol–water partition coefficient (Wildman–Crippen LogP) is 2.04. The van der Waals surface area contributed by atoms with Gasteiger partial charge in [0.2, 0.25) is 0 Å². The quantitative estimate of drug-likeness (QED) is 0.689. The molecule has 0 heterocycles. The molecule has 2 heteroatoms. The summed E-state index contributed by atoms with van der Waals surface area (Å²) < 4.78 is 0. The first-order valence-corrected chi connectivity index (χ1v) is 4.71. The largest absolute Gasteiger partial charge is 0.508 e. The Kier molecular flexibility index (Phi) is 1.81. The van der Waals surface area contributed by atoms with Gasteiger partial charge in [-0.15, -0.1) is 0 Å². The zero-order chi connectivity index (χ0) is 9.47. The van der Waals surface area contributed by atoms with Gasteiger partial charge in [0.15, 0.2) is 0 Å². The van der Waals surface area contributed by atoms with E-state index in [1.54, 1.807) is 6.07 Å². The minimum absolute atomic E-state index is 0.113. The highest BCUT2D eigenvalue weighted by atomic mass is 16.3. The van der Waals surface area contributed by atoms with E-state index in [1.165, 1.54) is 6.42 Å². The van der Waals surface area contributed by atoms with E-state index in [-0.39, 0.29) is 5.54 Å². The average Bonchev–Trinajstić information content (AvgIpc) is 2.06. The van der Waals surface area contributed by atoms with Crippen LogP contribution in [0.3, 0.4) is 0 Å². The first kappa shape index (κ1) is 8.57. The number of benzene rings is 1. The lowest BCUT2D eigenvalue weighted by molar-refractivity contribution is 0.253. The molecule has 1 fully saturated rings. The van der Waals surface area contributed by atoms with Crippen molar-refractivity contribution in [1.29, 1.82) is 0 Å². The van der Waals surface area contributed by atoms with Gasteiger partial charge in [-0.25, -0.2) is 0 Å². The number of hydrogen-bond donors (Lipinski definition) is 2. The molecule has 70 valence electrons. The molecule has 2 nitrogen and oxygen atoms in total. The molecule has 1 aromatic rings. The van der Waals surface area contributed by atoms with Gasteiger partial charge in [0.25, 0.3) is 0 Å². The van der Waals surface area contributed by atoms with Crippen molar-refractivity contribution in [2.45, 2.75) is 31.7 Å². The first-order chi connectivity index (χ1) is 6.12. The molecule has 0 atom stereocenters. The molecule has 3 N–H and O–H groups in total. The van der Waals surface area contributed by atoms with Gasteiger partial charge in [0, 0.05) is 5.54 Å². The number of aryl methyl sites for hydroxylation is 1. The van der Waals surface area contributed by atoms with Crippen molar-refractivity contribution in [3.8, 4) is 5.75 Å². The molecular weight excluding hydrogens is 162 g/mol. The molecule has 0 aromatic heterocycles. The van der Waals surface area contributed by atoms with Crippen LogP contribution in [-0.4, -0.2) is 5.11 Å². The highest BCUT2D eigenvalue weighted by molar-refractivity contribution is 5.38. The second kappa shape index (κ2) is 2.74. The van der Waals surface area contributed by atoms with Crippen LogP contribution in [0.1, 0.15) is 30.4 Å². The van der Waals surface area contributed by atoms with Crippen molar-refractivity contribution in [3.63, 3.8) is 0 Å². The standard InChI is InChI=1S/C11H15NO/c1-8-7-9(3-4-10(8)13)11(12)5-2-6-11/h3-4,7,13H,2,5-6,12H2,1H3. The summed E-state index contributed by atoms with van der Waals surface area (Å²) in [6.07, 6.45) is 3.35. The first-order valence-electron chi connectivity index (χ1n) is 4.71. The van der Waals surface area contributed by atoms with Crippen LogP contribution >= 0.6 is 0 Å². The Labute approximate surface area is 78.4 Å². The molecule has 13 heavy (non-hydrogen) atoms. The van der Waals surface area contributed by atoms with Gasteiger partial charge in [-0.1, -0.05) is 12.1 Å². The van der Waals surface area contributed by atoms with Crippen molar-refractivity contribution in [2.75, 3.05) is 0 Å². The number of rotatable bonds is 1. The number of aromatic hydroxyl groups is 1. The van der Waals surface area contributed by atoms with Crippen molar-refractivity contribution < 1.29 is 5.11 Å². The molecule has 0 spiro atoms. The molecule has 0 aliphatic heterocycles. The van der Waals surface area contributed by atoms with E-state index in [2.05, 4.69) is 0 Å². The van der Waals surface area contributed by atoms with E-state index in [9.17, 15) is 5.11 Å². The van der Waals surface area contributed by atoms with Gasteiger partial charge in [0.05, 0.1) is 0 Å². The topological polar surface area (TPSA) is 46.2 Å². The Hall–Kier alpha value is -1.02. The molecule has 2 rings (SSSR count). The molecule has 0 radical (unpaired) electrons. The average molecular weight is 177 g/mol. The van der Waals surface area contributed by atoms with E-state index in [0.717, 1.165) is 24.0 Å². The summed E-state index contributed by atoms with van der Waals surface area (Å²) in [6.45, 7) is 1.90. The van der Waals surface area contributed by atoms with E-state index >= 15 is 0 Å². The molecular formula is C11H15NO. The van der Waals surface area contributed by atoms with Crippen molar-refractivity contribution in [3.05, 3.63) is 29.3 Å². The molecule has 0 unspecified atom stereocenters. The number of hydrogen-bond acceptors (Lipinski definition) is 2. The molecule has 1 aliphatic carbocycles. The van der Waals surface area contributed by atoms with Crippen molar-refractivity contribution in [2.24, 2.45) is 5.73 Å². The third-order valence-electron chi connectivity index (χ3n) is 3.02. The summed E-state index contributed by atoms with van der Waals surface area (Å²) in [5, 5.41) is 9.36. The lowest BCUT2D eigenvalue weighted by Crippen LogP contribution is -2.43. The van der Waals surface area contributed by atoms with Crippen LogP contribution in [0.25, 0.3) is 0 Å². The van der Waals surface area contributed by atoms with Crippen LogP contribution in [-0.2, 0) is 5.54 Å². The Morgan fingerprint density at radius 3 is 2.54 bits per heavy atom. The predicted molar refractivity (Wildman–Crippen MR) is 52.6 cm³/mol. The van der Waals surface area contributed by atoms with Crippen molar-refractivity contribution >= 4 is 0 Å². The second-order valence-corrected chi connectivity index (χ2v) is 4.01. The Balaban J connectivity index is 2.36. The van der Waals surface area contributed by atoms with Gasteiger partial charge in [-0.05, 0) is 43.4 Å². The summed E-state index contributed by atoms with van der Waals surface area (Å²) in [7, 11) is 0. The van der Waals surface area contributed by atoms with Gasteiger partial charge < -0.3 is 10.8 Å². The smallest absolute Gasteiger partial charge is 0.118 e. The molecule has 0 amide bonds. The maximum atomic E-state index is 9.36. The van der Waals surface area contributed by atoms with Crippen LogP contribution in [0.2, 0.25) is 0 Å². The minimum Gasteiger partial charge on any atom is -0.508 e. The highest BCUT2D eigenvalue weighted by Gasteiger charge is 2.34. The molecule has 1 aromatic carbocycles. The summed E-state index contributed by atoms with van der Waals surface area (Å²) in [5.74, 6) is 0.353. The Morgan fingerprint density at radius 1 is 1.38 bits per heavy atom. The van der Waals surface area contributed by atoms with Gasteiger partial charge in [-0.2, -0.15) is 0 Å². The fourth-order valence-corrected chi connectivity index (χ4v) is 1.81. The van der Waals surface area contributed by atoms with E-state index in [1.807, 2.05) is 19.1 Å². The zero-order valence-electron chi connectivity index (χ0n) is 7.88. The van der Waals surface area contributed by atoms with Gasteiger partial charge in [0.1, 0.15) is 5.75 Å². The lowest BCUT2D eigenvalue weighted by atomic mass is 9.72. The van der Waals surface area contributed by atoms with E-state index < -0.39 is 0 Å². The van der Waals surface area contributed by atoms with Crippen LogP contribution in [0.5, 0.6) is 5.75 Å². The summed E-state index contributed by atoms with van der Waals surface area (Å²) >= 11 is 0. The fourth-order valence-electron chi connectivity index (χ4n) is 1.81. The summed E-state index contributed by atoms with van der Waals surface area (Å²) in [6, 6.07) is 5.66. The highest BCUT2D eigenvalue weighted by Crippen LogP contribution is 2.39. The second-order valence-electron chi connectivity index (χ2n) is 4.01. The SMILES string of the molecule is Cc1cc(C2(N)CCC2)ccc1O. The maximum absolute atomic E-state index is 9.36. The third kappa shape index (κ3) is 1.31. The minimum atomic E-state index is -0.113. The fraction of sp³-hybridized carbons (Fsp3) is 0.455. The van der Waals surface area contributed by atoms with Crippen LogP contribution in [0, 0.1) is 6.92 Å². The summed E-state index contributed by atoms with van der Waals surface area (Å²) in [4.78, 5) is 0. The number of phenolic OH excluding ortho intramolecular Hbond substituents is 1. The normalized spacial score (nSPS) is 19.5. The van der Waals surface area contributed by atoms with Gasteiger partial charge in [-0.3, -0.25) is 0 Å². The molecule has 0 bridgehead atoms. The van der Waals surface area contributed by atoms with Crippen LogP contribution < -0.4 is 5.73 Å².